The molecule has 16 heavy (non-hydrogen) atoms. The van der Waals surface area contributed by atoms with E-state index in [0.29, 0.717) is 11.4 Å². The van der Waals surface area contributed by atoms with Crippen LogP contribution in [0, 0.1) is 5.92 Å². The second kappa shape index (κ2) is 4.81. The van der Waals surface area contributed by atoms with Gasteiger partial charge in [-0.25, -0.2) is 0 Å². The van der Waals surface area contributed by atoms with Crippen LogP contribution in [0.25, 0.3) is 0 Å². The third-order valence-corrected chi connectivity index (χ3v) is 3.07. The van der Waals surface area contributed by atoms with Crippen LogP contribution in [-0.2, 0) is 11.2 Å². The predicted molar refractivity (Wildman–Crippen MR) is 65.4 cm³/mol. The minimum atomic E-state index is -0.00863. The third-order valence-electron chi connectivity index (χ3n) is 2.82. The summed E-state index contributed by atoms with van der Waals surface area (Å²) >= 11 is 5.78. The Bertz CT molecular complexity index is 410. The molecule has 2 atom stereocenters. The predicted octanol–water partition coefficient (Wildman–Crippen LogP) is 2.36. The van der Waals surface area contributed by atoms with Crippen LogP contribution in [0.15, 0.2) is 36.4 Å². The lowest BCUT2D eigenvalue weighted by molar-refractivity contribution is -0.120. The molecule has 0 saturated heterocycles. The standard InChI is InChI=1S/C13H14ClNO/c14-11-4-1-9(2-5-11)7-13(16)10-3-6-12(15)8-10/h1-6,10,12H,7-8,15H2. The van der Waals surface area contributed by atoms with E-state index in [1.54, 1.807) is 12.1 Å². The molecule has 0 radical (unpaired) electrons. The highest BCUT2D eigenvalue weighted by molar-refractivity contribution is 6.30. The molecule has 0 aliphatic heterocycles. The Balaban J connectivity index is 1.97. The molecule has 2 N–H and O–H groups in total. The zero-order valence-corrected chi connectivity index (χ0v) is 9.65. The molecule has 0 aromatic heterocycles. The number of rotatable bonds is 3. The van der Waals surface area contributed by atoms with Crippen molar-refractivity contribution in [2.24, 2.45) is 11.7 Å². The second-order valence-electron chi connectivity index (χ2n) is 4.16. The molecule has 1 aliphatic rings. The molecule has 3 heteroatoms. The van der Waals surface area contributed by atoms with Gasteiger partial charge in [0.1, 0.15) is 5.78 Å². The highest BCUT2D eigenvalue weighted by Gasteiger charge is 2.22. The van der Waals surface area contributed by atoms with Crippen molar-refractivity contribution >= 4 is 17.4 Å². The average Bonchev–Trinajstić information content (AvgIpc) is 2.68. The van der Waals surface area contributed by atoms with Gasteiger partial charge in [-0.15, -0.1) is 0 Å². The van der Waals surface area contributed by atoms with Crippen LogP contribution in [0.2, 0.25) is 5.02 Å². The molecule has 2 rings (SSSR count). The van der Waals surface area contributed by atoms with Gasteiger partial charge in [0.05, 0.1) is 0 Å². The van der Waals surface area contributed by atoms with Crippen LogP contribution in [0.1, 0.15) is 12.0 Å². The first-order valence-electron chi connectivity index (χ1n) is 5.36. The topological polar surface area (TPSA) is 43.1 Å². The molecule has 2 nitrogen and oxygen atoms in total. The molecule has 0 spiro atoms. The van der Waals surface area contributed by atoms with E-state index < -0.39 is 0 Å². The van der Waals surface area contributed by atoms with Gasteiger partial charge in [-0.3, -0.25) is 4.79 Å². The van der Waals surface area contributed by atoms with Gasteiger partial charge in [-0.2, -0.15) is 0 Å². The molecule has 0 saturated carbocycles. The number of halogens is 1. The van der Waals surface area contributed by atoms with Crippen molar-refractivity contribution in [3.63, 3.8) is 0 Å². The normalized spacial score (nSPS) is 23.6. The number of ketones is 1. The zero-order chi connectivity index (χ0) is 11.5. The molecule has 0 amide bonds. The highest BCUT2D eigenvalue weighted by Crippen LogP contribution is 2.19. The highest BCUT2D eigenvalue weighted by atomic mass is 35.5. The fourth-order valence-electron chi connectivity index (χ4n) is 1.90. The van der Waals surface area contributed by atoms with E-state index in [9.17, 15) is 4.79 Å². The summed E-state index contributed by atoms with van der Waals surface area (Å²) in [7, 11) is 0. The van der Waals surface area contributed by atoms with Crippen LogP contribution in [-0.4, -0.2) is 11.8 Å². The number of benzene rings is 1. The SMILES string of the molecule is NC1C=CC(C(=O)Cc2ccc(Cl)cc2)C1. The molecule has 0 heterocycles. The molecular weight excluding hydrogens is 222 g/mol. The van der Waals surface area contributed by atoms with E-state index in [4.69, 9.17) is 17.3 Å². The van der Waals surface area contributed by atoms with Gasteiger partial charge < -0.3 is 5.73 Å². The summed E-state index contributed by atoms with van der Waals surface area (Å²) in [6, 6.07) is 7.43. The maximum absolute atomic E-state index is 11.9. The van der Waals surface area contributed by atoms with Gasteiger partial charge in [-0.05, 0) is 24.1 Å². The molecule has 1 aliphatic carbocycles. The number of carbonyl (C=O) groups excluding carboxylic acids is 1. The quantitative estimate of drug-likeness (QED) is 0.818. The lowest BCUT2D eigenvalue weighted by Gasteiger charge is -2.08. The van der Waals surface area contributed by atoms with Crippen molar-refractivity contribution in [2.45, 2.75) is 18.9 Å². The molecule has 1 aromatic rings. The largest absolute Gasteiger partial charge is 0.324 e. The Labute approximate surface area is 100 Å². The first kappa shape index (κ1) is 11.4. The number of Topliss-reactive ketones (excluding diaryl/α,β-unsaturated/α-hetero) is 1. The van der Waals surface area contributed by atoms with Gasteiger partial charge in [0, 0.05) is 23.4 Å². The van der Waals surface area contributed by atoms with Crippen LogP contribution in [0.4, 0.5) is 0 Å². The number of hydrogen-bond acceptors (Lipinski definition) is 2. The Hall–Kier alpha value is -1.12. The summed E-state index contributed by atoms with van der Waals surface area (Å²) in [6.07, 6.45) is 5.03. The average molecular weight is 236 g/mol. The van der Waals surface area contributed by atoms with Crippen molar-refractivity contribution < 1.29 is 4.79 Å². The van der Waals surface area contributed by atoms with E-state index in [0.717, 1.165) is 12.0 Å². The molecule has 0 fully saturated rings. The van der Waals surface area contributed by atoms with Crippen molar-refractivity contribution in [3.8, 4) is 0 Å². The van der Waals surface area contributed by atoms with E-state index in [1.165, 1.54) is 0 Å². The lowest BCUT2D eigenvalue weighted by atomic mass is 9.97. The molecular formula is C13H14ClNO. The Morgan fingerprint density at radius 1 is 1.31 bits per heavy atom. The number of hydrogen-bond donors (Lipinski definition) is 1. The van der Waals surface area contributed by atoms with E-state index >= 15 is 0 Å². The maximum atomic E-state index is 11.9. The minimum Gasteiger partial charge on any atom is -0.324 e. The minimum absolute atomic E-state index is 0.00863. The Morgan fingerprint density at radius 2 is 2.00 bits per heavy atom. The molecule has 2 unspecified atom stereocenters. The van der Waals surface area contributed by atoms with Crippen LogP contribution in [0.3, 0.4) is 0 Å². The van der Waals surface area contributed by atoms with E-state index in [-0.39, 0.29) is 17.7 Å². The van der Waals surface area contributed by atoms with Crippen molar-refractivity contribution in [3.05, 3.63) is 47.0 Å². The zero-order valence-electron chi connectivity index (χ0n) is 8.90. The fraction of sp³-hybridized carbons (Fsp3) is 0.308. The second-order valence-corrected chi connectivity index (χ2v) is 4.60. The first-order valence-corrected chi connectivity index (χ1v) is 5.74. The molecule has 0 bridgehead atoms. The van der Waals surface area contributed by atoms with E-state index in [2.05, 4.69) is 0 Å². The smallest absolute Gasteiger partial charge is 0.144 e. The van der Waals surface area contributed by atoms with Gasteiger partial charge in [-0.1, -0.05) is 35.9 Å². The van der Waals surface area contributed by atoms with Crippen molar-refractivity contribution in [2.75, 3.05) is 0 Å². The summed E-state index contributed by atoms with van der Waals surface area (Å²) in [5.41, 5.74) is 6.72. The molecule has 84 valence electrons. The Kier molecular flexibility index (Phi) is 3.42. The van der Waals surface area contributed by atoms with Crippen LogP contribution >= 0.6 is 11.6 Å². The van der Waals surface area contributed by atoms with Crippen molar-refractivity contribution in [1.29, 1.82) is 0 Å². The fourth-order valence-corrected chi connectivity index (χ4v) is 2.03. The number of nitrogens with two attached hydrogens (primary N) is 1. The first-order chi connectivity index (χ1) is 7.65. The number of allylic oxidation sites excluding steroid dienone is 1. The summed E-state index contributed by atoms with van der Waals surface area (Å²) in [5.74, 6) is 0.220. The maximum Gasteiger partial charge on any atom is 0.144 e. The van der Waals surface area contributed by atoms with Gasteiger partial charge >= 0.3 is 0 Å². The van der Waals surface area contributed by atoms with E-state index in [1.807, 2.05) is 24.3 Å². The molecule has 1 aromatic carbocycles. The third kappa shape index (κ3) is 2.71. The lowest BCUT2D eigenvalue weighted by Crippen LogP contribution is -2.20. The van der Waals surface area contributed by atoms with Crippen LogP contribution in [0.5, 0.6) is 0 Å². The number of carbonyl (C=O) groups is 1. The summed E-state index contributed by atoms with van der Waals surface area (Å²) in [5, 5.41) is 0.694. The van der Waals surface area contributed by atoms with Gasteiger partial charge in [0.25, 0.3) is 0 Å². The van der Waals surface area contributed by atoms with Gasteiger partial charge in [0.15, 0.2) is 0 Å². The van der Waals surface area contributed by atoms with Crippen molar-refractivity contribution in [1.82, 2.24) is 0 Å². The summed E-state index contributed by atoms with van der Waals surface area (Å²) in [6.45, 7) is 0. The monoisotopic (exact) mass is 235 g/mol. The Morgan fingerprint density at radius 3 is 2.56 bits per heavy atom. The summed E-state index contributed by atoms with van der Waals surface area (Å²) in [4.78, 5) is 11.9. The van der Waals surface area contributed by atoms with Crippen LogP contribution < -0.4 is 5.73 Å². The van der Waals surface area contributed by atoms with Gasteiger partial charge in [0.2, 0.25) is 0 Å². The summed E-state index contributed by atoms with van der Waals surface area (Å²) < 4.78 is 0.